The van der Waals surface area contributed by atoms with Gasteiger partial charge in [-0.15, -0.1) is 0 Å². The van der Waals surface area contributed by atoms with Crippen LogP contribution in [0, 0.1) is 0 Å². The Morgan fingerprint density at radius 3 is 3.13 bits per heavy atom. The van der Waals surface area contributed by atoms with Crippen LogP contribution in [0.2, 0.25) is 0 Å². The zero-order valence-corrected chi connectivity index (χ0v) is 8.48. The van der Waals surface area contributed by atoms with Crippen LogP contribution in [0.15, 0.2) is 18.2 Å². The van der Waals surface area contributed by atoms with Crippen LogP contribution < -0.4 is 11.5 Å². The molecular formula is C11H14N4. The summed E-state index contributed by atoms with van der Waals surface area (Å²) in [6.07, 6.45) is 1.99. The fourth-order valence-corrected chi connectivity index (χ4v) is 2.23. The highest BCUT2D eigenvalue weighted by molar-refractivity contribution is 5.79. The predicted octanol–water partition coefficient (Wildman–Crippen LogP) is 0.892. The minimum absolute atomic E-state index is 0.257. The molecule has 0 unspecified atom stereocenters. The topological polar surface area (TPSA) is 69.9 Å². The van der Waals surface area contributed by atoms with Gasteiger partial charge in [-0.3, -0.25) is 0 Å². The highest BCUT2D eigenvalue weighted by atomic mass is 15.1. The van der Waals surface area contributed by atoms with Crippen LogP contribution in [0.1, 0.15) is 12.2 Å². The van der Waals surface area contributed by atoms with Crippen molar-refractivity contribution >= 4 is 16.7 Å². The van der Waals surface area contributed by atoms with E-state index < -0.39 is 0 Å². The number of hydrogen-bond acceptors (Lipinski definition) is 3. The van der Waals surface area contributed by atoms with Crippen molar-refractivity contribution in [3.8, 4) is 0 Å². The van der Waals surface area contributed by atoms with E-state index in [1.807, 2.05) is 18.2 Å². The summed E-state index contributed by atoms with van der Waals surface area (Å²) >= 11 is 0. The zero-order valence-electron chi connectivity index (χ0n) is 8.48. The van der Waals surface area contributed by atoms with E-state index >= 15 is 0 Å². The minimum Gasteiger partial charge on any atom is -0.399 e. The quantitative estimate of drug-likeness (QED) is 0.623. The first-order valence-corrected chi connectivity index (χ1v) is 5.24. The number of aryl methyl sites for hydroxylation is 1. The summed E-state index contributed by atoms with van der Waals surface area (Å²) in [5.74, 6) is 1.14. The van der Waals surface area contributed by atoms with Crippen LogP contribution >= 0.6 is 0 Å². The molecule has 2 aromatic rings. The molecule has 3 rings (SSSR count). The van der Waals surface area contributed by atoms with Crippen LogP contribution in [0.3, 0.4) is 0 Å². The number of rotatable bonds is 0. The van der Waals surface area contributed by atoms with Gasteiger partial charge >= 0.3 is 0 Å². The molecule has 0 fully saturated rings. The van der Waals surface area contributed by atoms with Crippen molar-refractivity contribution < 1.29 is 0 Å². The molecule has 1 aliphatic rings. The van der Waals surface area contributed by atoms with Gasteiger partial charge < -0.3 is 16.0 Å². The first-order valence-electron chi connectivity index (χ1n) is 5.24. The summed E-state index contributed by atoms with van der Waals surface area (Å²) in [7, 11) is 0. The number of nitrogens with zero attached hydrogens (tertiary/aromatic N) is 2. The largest absolute Gasteiger partial charge is 0.399 e. The van der Waals surface area contributed by atoms with E-state index in [-0.39, 0.29) is 6.04 Å². The van der Waals surface area contributed by atoms with Crippen molar-refractivity contribution in [2.24, 2.45) is 5.73 Å². The van der Waals surface area contributed by atoms with E-state index in [0.717, 1.165) is 41.9 Å². The summed E-state index contributed by atoms with van der Waals surface area (Å²) in [4.78, 5) is 4.58. The molecule has 2 heterocycles. The second-order valence-electron chi connectivity index (χ2n) is 4.19. The van der Waals surface area contributed by atoms with Crippen LogP contribution in [0.25, 0.3) is 11.0 Å². The van der Waals surface area contributed by atoms with Crippen molar-refractivity contribution in [1.29, 1.82) is 0 Å². The van der Waals surface area contributed by atoms with Gasteiger partial charge in [-0.05, 0) is 24.6 Å². The predicted molar refractivity (Wildman–Crippen MR) is 60.4 cm³/mol. The normalized spacial score (nSPS) is 20.5. The van der Waals surface area contributed by atoms with Crippen LogP contribution in [-0.2, 0) is 13.0 Å². The smallest absolute Gasteiger partial charge is 0.109 e. The van der Waals surface area contributed by atoms with Gasteiger partial charge in [-0.25, -0.2) is 4.98 Å². The van der Waals surface area contributed by atoms with E-state index in [4.69, 9.17) is 11.5 Å². The summed E-state index contributed by atoms with van der Waals surface area (Å²) in [5.41, 5.74) is 14.6. The van der Waals surface area contributed by atoms with E-state index in [1.54, 1.807) is 0 Å². The molecule has 15 heavy (non-hydrogen) atoms. The number of nitrogen functional groups attached to an aromatic ring is 1. The Kier molecular flexibility index (Phi) is 1.73. The number of benzene rings is 1. The fraction of sp³-hybridized carbons (Fsp3) is 0.364. The van der Waals surface area contributed by atoms with Crippen molar-refractivity contribution in [2.45, 2.75) is 25.4 Å². The second kappa shape index (κ2) is 2.97. The van der Waals surface area contributed by atoms with Crippen molar-refractivity contribution in [1.82, 2.24) is 9.55 Å². The Balaban J connectivity index is 2.24. The number of imidazole rings is 1. The van der Waals surface area contributed by atoms with Gasteiger partial charge in [0.25, 0.3) is 0 Å². The number of nitrogens with two attached hydrogens (primary N) is 2. The van der Waals surface area contributed by atoms with E-state index in [9.17, 15) is 0 Å². The Labute approximate surface area is 87.9 Å². The molecule has 0 bridgehead atoms. The summed E-state index contributed by atoms with van der Waals surface area (Å²) in [6.45, 7) is 0.871. The van der Waals surface area contributed by atoms with Crippen LogP contribution in [-0.4, -0.2) is 15.6 Å². The standard InChI is InChI=1S/C11H14N4/c12-7-1-3-10-9(5-7)14-11-4-2-8(13)6-15(10)11/h1,3,5,8H,2,4,6,12-13H2/t8-/m1/s1. The average molecular weight is 202 g/mol. The van der Waals surface area contributed by atoms with Gasteiger partial charge in [-0.1, -0.05) is 0 Å². The van der Waals surface area contributed by atoms with Gasteiger partial charge in [0.15, 0.2) is 0 Å². The third-order valence-corrected chi connectivity index (χ3v) is 3.01. The van der Waals surface area contributed by atoms with Crippen LogP contribution in [0.4, 0.5) is 5.69 Å². The molecule has 4 heteroatoms. The molecule has 0 radical (unpaired) electrons. The highest BCUT2D eigenvalue weighted by Crippen LogP contribution is 2.23. The molecule has 78 valence electrons. The molecule has 0 aliphatic carbocycles. The number of aromatic nitrogens is 2. The summed E-state index contributed by atoms with van der Waals surface area (Å²) < 4.78 is 2.21. The zero-order chi connectivity index (χ0) is 10.4. The monoisotopic (exact) mass is 202 g/mol. The fourth-order valence-electron chi connectivity index (χ4n) is 2.23. The number of anilines is 1. The Bertz CT molecular complexity index is 515. The minimum atomic E-state index is 0.257. The van der Waals surface area contributed by atoms with Crippen LogP contribution in [0.5, 0.6) is 0 Å². The Hall–Kier alpha value is -1.55. The Morgan fingerprint density at radius 1 is 1.40 bits per heavy atom. The molecule has 4 N–H and O–H groups in total. The van der Waals surface area contributed by atoms with Gasteiger partial charge in [0, 0.05) is 24.7 Å². The van der Waals surface area contributed by atoms with Crippen molar-refractivity contribution in [2.75, 3.05) is 5.73 Å². The molecule has 1 atom stereocenters. The van der Waals surface area contributed by atoms with Crippen molar-refractivity contribution in [3.63, 3.8) is 0 Å². The average Bonchev–Trinajstić information content (AvgIpc) is 2.54. The van der Waals surface area contributed by atoms with E-state index in [0.29, 0.717) is 0 Å². The molecule has 0 spiro atoms. The second-order valence-corrected chi connectivity index (χ2v) is 4.19. The van der Waals surface area contributed by atoms with E-state index in [2.05, 4.69) is 9.55 Å². The molecule has 1 aliphatic heterocycles. The van der Waals surface area contributed by atoms with Crippen molar-refractivity contribution in [3.05, 3.63) is 24.0 Å². The lowest BCUT2D eigenvalue weighted by Crippen LogP contribution is -2.31. The number of hydrogen-bond donors (Lipinski definition) is 2. The third-order valence-electron chi connectivity index (χ3n) is 3.01. The van der Waals surface area contributed by atoms with Gasteiger partial charge in [-0.2, -0.15) is 0 Å². The van der Waals surface area contributed by atoms with Gasteiger partial charge in [0.1, 0.15) is 5.82 Å². The van der Waals surface area contributed by atoms with E-state index in [1.165, 1.54) is 0 Å². The molecule has 4 nitrogen and oxygen atoms in total. The molecule has 0 saturated heterocycles. The third kappa shape index (κ3) is 1.29. The lowest BCUT2D eigenvalue weighted by atomic mass is 10.1. The molecule has 0 saturated carbocycles. The highest BCUT2D eigenvalue weighted by Gasteiger charge is 2.18. The SMILES string of the molecule is Nc1ccc2c(c1)nc1n2C[C@H](N)CC1. The summed E-state index contributed by atoms with van der Waals surface area (Å²) in [5, 5.41) is 0. The first-order chi connectivity index (χ1) is 7.24. The molecule has 1 aromatic heterocycles. The lowest BCUT2D eigenvalue weighted by molar-refractivity contribution is 0.461. The first kappa shape index (κ1) is 8.73. The number of fused-ring (bicyclic) bond motifs is 3. The maximum Gasteiger partial charge on any atom is 0.109 e. The molecule has 1 aromatic carbocycles. The maximum atomic E-state index is 5.96. The summed E-state index contributed by atoms with van der Waals surface area (Å²) in [6, 6.07) is 6.12. The molecular weight excluding hydrogens is 188 g/mol. The van der Waals surface area contributed by atoms with Gasteiger partial charge in [0.05, 0.1) is 11.0 Å². The lowest BCUT2D eigenvalue weighted by Gasteiger charge is -2.20. The maximum absolute atomic E-state index is 5.96. The van der Waals surface area contributed by atoms with Gasteiger partial charge in [0.2, 0.25) is 0 Å². The Morgan fingerprint density at radius 2 is 2.27 bits per heavy atom. The molecule has 0 amide bonds.